The normalized spacial score (nSPS) is 16.1. The van der Waals surface area contributed by atoms with Crippen molar-refractivity contribution in [2.75, 3.05) is 6.26 Å². The Morgan fingerprint density at radius 2 is 2.13 bits per heavy atom. The molecule has 0 aliphatic heterocycles. The first-order chi connectivity index (χ1) is 7.22. The maximum atomic E-state index is 4.27. The molecule has 1 aliphatic carbocycles. The fourth-order valence-electron chi connectivity index (χ4n) is 2.04. The fourth-order valence-corrected chi connectivity index (χ4v) is 2.76. The van der Waals surface area contributed by atoms with Crippen LogP contribution >= 0.6 is 11.8 Å². The number of thioether (sulfide) groups is 1. The zero-order valence-electron chi connectivity index (χ0n) is 9.55. The highest BCUT2D eigenvalue weighted by molar-refractivity contribution is 7.98. The van der Waals surface area contributed by atoms with Crippen molar-refractivity contribution in [1.82, 2.24) is 0 Å². The minimum Gasteiger partial charge on any atom is -0.129 e. The molecule has 0 bridgehead atoms. The summed E-state index contributed by atoms with van der Waals surface area (Å²) in [5.74, 6) is 0.749. The van der Waals surface area contributed by atoms with Gasteiger partial charge in [0.2, 0.25) is 0 Å². The molecule has 1 aromatic carbocycles. The Balaban J connectivity index is 2.29. The number of aryl methyl sites for hydroxylation is 1. The van der Waals surface area contributed by atoms with Gasteiger partial charge < -0.3 is 0 Å². The van der Waals surface area contributed by atoms with Crippen LogP contribution in [0.5, 0.6) is 0 Å². The van der Waals surface area contributed by atoms with E-state index in [1.807, 2.05) is 11.8 Å². The first-order valence-electron chi connectivity index (χ1n) is 5.56. The Morgan fingerprint density at radius 3 is 2.67 bits per heavy atom. The molecule has 0 saturated heterocycles. The minimum absolute atomic E-state index is 0.749. The van der Waals surface area contributed by atoms with Crippen LogP contribution in [-0.2, 0) is 0 Å². The van der Waals surface area contributed by atoms with Crippen molar-refractivity contribution < 1.29 is 0 Å². The average molecular weight is 218 g/mol. The summed E-state index contributed by atoms with van der Waals surface area (Å²) in [7, 11) is 0. The second-order valence-electron chi connectivity index (χ2n) is 4.36. The quantitative estimate of drug-likeness (QED) is 0.672. The predicted molar refractivity (Wildman–Crippen MR) is 69.3 cm³/mol. The second-order valence-corrected chi connectivity index (χ2v) is 5.20. The van der Waals surface area contributed by atoms with Crippen LogP contribution < -0.4 is 0 Å². The molecule has 0 atom stereocenters. The third-order valence-corrected chi connectivity index (χ3v) is 4.08. The summed E-state index contributed by atoms with van der Waals surface area (Å²) < 4.78 is 0. The van der Waals surface area contributed by atoms with Gasteiger partial charge in [0.05, 0.1) is 0 Å². The lowest BCUT2D eigenvalue weighted by Gasteiger charge is -2.28. The lowest BCUT2D eigenvalue weighted by Crippen LogP contribution is -2.12. The number of benzene rings is 1. The molecule has 0 heterocycles. The third-order valence-electron chi connectivity index (χ3n) is 3.30. The van der Waals surface area contributed by atoms with Crippen LogP contribution in [-0.4, -0.2) is 6.26 Å². The van der Waals surface area contributed by atoms with Crippen LogP contribution in [0.2, 0.25) is 0 Å². The molecule has 1 saturated carbocycles. The van der Waals surface area contributed by atoms with Crippen LogP contribution in [0.25, 0.3) is 5.57 Å². The van der Waals surface area contributed by atoms with Gasteiger partial charge in [-0.2, -0.15) is 0 Å². The van der Waals surface area contributed by atoms with Crippen LogP contribution in [0.15, 0.2) is 29.7 Å². The molecule has 15 heavy (non-hydrogen) atoms. The van der Waals surface area contributed by atoms with Gasteiger partial charge in [-0.15, -0.1) is 11.8 Å². The number of hydrogen-bond donors (Lipinski definition) is 0. The largest absolute Gasteiger partial charge is 0.129 e. The van der Waals surface area contributed by atoms with Gasteiger partial charge in [-0.3, -0.25) is 0 Å². The Kier molecular flexibility index (Phi) is 3.20. The number of hydrogen-bond acceptors (Lipinski definition) is 1. The predicted octanol–water partition coefficient (Wildman–Crippen LogP) is 4.53. The summed E-state index contributed by atoms with van der Waals surface area (Å²) in [4.78, 5) is 1.38. The zero-order chi connectivity index (χ0) is 10.8. The van der Waals surface area contributed by atoms with E-state index in [1.54, 1.807) is 0 Å². The highest BCUT2D eigenvalue weighted by Crippen LogP contribution is 2.40. The molecule has 2 rings (SSSR count). The number of allylic oxidation sites excluding steroid dienone is 1. The van der Waals surface area contributed by atoms with Crippen molar-refractivity contribution in [3.63, 3.8) is 0 Å². The molecule has 1 aromatic rings. The van der Waals surface area contributed by atoms with Crippen molar-refractivity contribution in [2.24, 2.45) is 5.92 Å². The first-order valence-corrected chi connectivity index (χ1v) is 6.78. The van der Waals surface area contributed by atoms with Crippen LogP contribution in [0, 0.1) is 12.8 Å². The second kappa shape index (κ2) is 4.44. The summed E-state index contributed by atoms with van der Waals surface area (Å²) >= 11 is 1.83. The van der Waals surface area contributed by atoms with E-state index in [0.717, 1.165) is 5.92 Å². The first kappa shape index (κ1) is 10.8. The van der Waals surface area contributed by atoms with Gasteiger partial charge in [-0.25, -0.2) is 0 Å². The number of rotatable bonds is 3. The van der Waals surface area contributed by atoms with E-state index in [-0.39, 0.29) is 0 Å². The molecule has 0 N–H and O–H groups in total. The van der Waals surface area contributed by atoms with Crippen LogP contribution in [0.1, 0.15) is 30.4 Å². The van der Waals surface area contributed by atoms with E-state index < -0.39 is 0 Å². The van der Waals surface area contributed by atoms with E-state index in [1.165, 1.54) is 40.9 Å². The van der Waals surface area contributed by atoms with Crippen LogP contribution in [0.4, 0.5) is 0 Å². The van der Waals surface area contributed by atoms with E-state index in [0.29, 0.717) is 0 Å². The summed E-state index contributed by atoms with van der Waals surface area (Å²) in [5, 5.41) is 0. The summed E-state index contributed by atoms with van der Waals surface area (Å²) in [5.41, 5.74) is 4.06. The van der Waals surface area contributed by atoms with E-state index in [2.05, 4.69) is 38.0 Å². The Hall–Kier alpha value is -0.690. The van der Waals surface area contributed by atoms with Gasteiger partial charge in [0.25, 0.3) is 0 Å². The summed E-state index contributed by atoms with van der Waals surface area (Å²) in [6, 6.07) is 6.70. The SMILES string of the molecule is C=C(c1ccc(C)cc1SC)C1CCC1. The van der Waals surface area contributed by atoms with Gasteiger partial charge in [-0.05, 0) is 54.7 Å². The van der Waals surface area contributed by atoms with Crippen molar-refractivity contribution in [1.29, 1.82) is 0 Å². The van der Waals surface area contributed by atoms with Crippen molar-refractivity contribution in [2.45, 2.75) is 31.1 Å². The van der Waals surface area contributed by atoms with Gasteiger partial charge in [-0.1, -0.05) is 25.1 Å². The highest BCUT2D eigenvalue weighted by Gasteiger charge is 2.22. The third kappa shape index (κ3) is 2.12. The highest BCUT2D eigenvalue weighted by atomic mass is 32.2. The smallest absolute Gasteiger partial charge is 0.0147 e. The molecule has 0 spiro atoms. The average Bonchev–Trinajstić information content (AvgIpc) is 2.14. The molecule has 1 heteroatoms. The molecule has 80 valence electrons. The van der Waals surface area contributed by atoms with E-state index in [9.17, 15) is 0 Å². The molecule has 1 aliphatic rings. The minimum atomic E-state index is 0.749. The van der Waals surface area contributed by atoms with Gasteiger partial charge in [0, 0.05) is 4.90 Å². The lowest BCUT2D eigenvalue weighted by atomic mass is 9.78. The standard InChI is InChI=1S/C14H18S/c1-10-7-8-13(14(9-10)15-3)11(2)12-5-4-6-12/h7-9,12H,2,4-6H2,1,3H3. The van der Waals surface area contributed by atoms with Crippen LogP contribution in [0.3, 0.4) is 0 Å². The zero-order valence-corrected chi connectivity index (χ0v) is 10.4. The molecule has 0 unspecified atom stereocenters. The van der Waals surface area contributed by atoms with Crippen molar-refractivity contribution in [3.05, 3.63) is 35.9 Å². The summed E-state index contributed by atoms with van der Waals surface area (Å²) in [6.45, 7) is 6.42. The molecule has 0 radical (unpaired) electrons. The van der Waals surface area contributed by atoms with Gasteiger partial charge >= 0.3 is 0 Å². The maximum absolute atomic E-state index is 4.27. The molecular formula is C14H18S. The Labute approximate surface area is 96.8 Å². The van der Waals surface area contributed by atoms with Gasteiger partial charge in [0.1, 0.15) is 0 Å². The van der Waals surface area contributed by atoms with Crippen molar-refractivity contribution in [3.8, 4) is 0 Å². The van der Waals surface area contributed by atoms with E-state index >= 15 is 0 Å². The monoisotopic (exact) mass is 218 g/mol. The summed E-state index contributed by atoms with van der Waals surface area (Å²) in [6.07, 6.45) is 6.19. The topological polar surface area (TPSA) is 0 Å². The Bertz CT molecular complexity index is 375. The molecular weight excluding hydrogens is 200 g/mol. The van der Waals surface area contributed by atoms with Gasteiger partial charge in [0.15, 0.2) is 0 Å². The van der Waals surface area contributed by atoms with Crippen molar-refractivity contribution >= 4 is 17.3 Å². The maximum Gasteiger partial charge on any atom is 0.0147 e. The Morgan fingerprint density at radius 1 is 1.40 bits per heavy atom. The molecule has 1 fully saturated rings. The molecule has 0 nitrogen and oxygen atoms in total. The molecule has 0 amide bonds. The fraction of sp³-hybridized carbons (Fsp3) is 0.429. The van der Waals surface area contributed by atoms with E-state index in [4.69, 9.17) is 0 Å². The molecule has 0 aromatic heterocycles. The lowest BCUT2D eigenvalue weighted by molar-refractivity contribution is 0.400.